The molecule has 0 unspecified atom stereocenters. The summed E-state index contributed by atoms with van der Waals surface area (Å²) in [6, 6.07) is 14.6. The van der Waals surface area contributed by atoms with E-state index < -0.39 is 11.9 Å². The van der Waals surface area contributed by atoms with Crippen molar-refractivity contribution in [3.05, 3.63) is 73.5 Å². The number of rotatable bonds is 3. The summed E-state index contributed by atoms with van der Waals surface area (Å²) >= 11 is 4.68. The monoisotopic (exact) mass is 501 g/mol. The van der Waals surface area contributed by atoms with Gasteiger partial charge in [-0.05, 0) is 35.9 Å². The van der Waals surface area contributed by atoms with E-state index in [1.807, 2.05) is 24.3 Å². The number of hydrogen-bond acceptors (Lipinski definition) is 7. The third kappa shape index (κ3) is 5.62. The minimum absolute atomic E-state index is 0.237. The van der Waals surface area contributed by atoms with Gasteiger partial charge in [-0.25, -0.2) is 0 Å². The number of fused-ring (bicyclic) bond motifs is 1. The van der Waals surface area contributed by atoms with Gasteiger partial charge in [0, 0.05) is 18.3 Å². The van der Waals surface area contributed by atoms with Gasteiger partial charge >= 0.3 is 5.97 Å². The summed E-state index contributed by atoms with van der Waals surface area (Å²) in [5, 5.41) is 11.7. The molecule has 0 saturated carbocycles. The molecule has 8 nitrogen and oxygen atoms in total. The molecule has 0 aliphatic carbocycles. The van der Waals surface area contributed by atoms with Gasteiger partial charge in [-0.1, -0.05) is 51.5 Å². The van der Waals surface area contributed by atoms with Gasteiger partial charge in [0.05, 0.1) is 10.1 Å². The van der Waals surface area contributed by atoms with Crippen molar-refractivity contribution >= 4 is 50.2 Å². The van der Waals surface area contributed by atoms with E-state index in [1.54, 1.807) is 30.3 Å². The predicted molar refractivity (Wildman–Crippen MR) is 120 cm³/mol. The highest BCUT2D eigenvalue weighted by atomic mass is 79.9. The van der Waals surface area contributed by atoms with Crippen molar-refractivity contribution in [3.63, 3.8) is 0 Å². The van der Waals surface area contributed by atoms with Gasteiger partial charge in [-0.3, -0.25) is 14.4 Å². The smallest absolute Gasteiger partial charge is 0.308 e. The molecule has 1 N–H and O–H groups in total. The second kappa shape index (κ2) is 9.63. The molecule has 4 aromatic rings. The van der Waals surface area contributed by atoms with E-state index in [9.17, 15) is 9.59 Å². The average Bonchev–Trinajstić information content (AvgIpc) is 3.21. The fraction of sp³-hybridized carbons (Fsp3) is 0.0952. The molecular formula is C21H16BrN3O5S. The largest absolute Gasteiger partial charge is 0.481 e. The van der Waals surface area contributed by atoms with Crippen LogP contribution in [0.15, 0.2) is 57.8 Å². The topological polar surface area (TPSA) is 111 Å². The maximum absolute atomic E-state index is 12.7. The van der Waals surface area contributed by atoms with Crippen LogP contribution in [-0.2, 0) is 9.59 Å². The number of esters is 1. The molecule has 0 spiro atoms. The van der Waals surface area contributed by atoms with E-state index in [1.165, 1.54) is 22.8 Å². The van der Waals surface area contributed by atoms with Gasteiger partial charge < -0.3 is 9.84 Å². The second-order valence-corrected chi connectivity index (χ2v) is 8.13. The highest BCUT2D eigenvalue weighted by molar-refractivity contribution is 9.10. The van der Waals surface area contributed by atoms with E-state index in [4.69, 9.17) is 14.6 Å². The number of nitrogens with zero attached hydrogens (tertiary/aromatic N) is 3. The first-order chi connectivity index (χ1) is 14.7. The average molecular weight is 502 g/mol. The van der Waals surface area contributed by atoms with Crippen LogP contribution in [0.25, 0.3) is 22.4 Å². The van der Waals surface area contributed by atoms with Crippen LogP contribution in [0, 0.1) is 0 Å². The highest BCUT2D eigenvalue weighted by Gasteiger charge is 2.16. The van der Waals surface area contributed by atoms with Crippen molar-refractivity contribution < 1.29 is 19.4 Å². The fourth-order valence-electron chi connectivity index (χ4n) is 2.59. The Balaban J connectivity index is 0.000000628. The standard InChI is InChI=1S/C19H12BrN3O3S.C2H4O2/c1-11(24)26-15-8-3-2-7-14(15)17-21-19-23(22-17)18(25)16(27-19)10-12-5-4-6-13(20)9-12;1-2(3)4/h2-10H,1H3;1H3,(H,3,4)/b16-10-;. The summed E-state index contributed by atoms with van der Waals surface area (Å²) in [6.07, 6.45) is 1.81. The Bertz CT molecular complexity index is 1380. The summed E-state index contributed by atoms with van der Waals surface area (Å²) in [6.45, 7) is 2.41. The maximum Gasteiger partial charge on any atom is 0.308 e. The number of thiazole rings is 1. The van der Waals surface area contributed by atoms with Crippen LogP contribution in [0.5, 0.6) is 5.75 Å². The van der Waals surface area contributed by atoms with Crippen LogP contribution in [0.1, 0.15) is 19.4 Å². The number of hydrogen-bond donors (Lipinski definition) is 1. The van der Waals surface area contributed by atoms with Gasteiger partial charge in [0.2, 0.25) is 4.96 Å². The van der Waals surface area contributed by atoms with Gasteiger partial charge in [0.15, 0.2) is 5.82 Å². The van der Waals surface area contributed by atoms with Crippen molar-refractivity contribution in [2.24, 2.45) is 0 Å². The first kappa shape index (κ1) is 22.3. The van der Waals surface area contributed by atoms with Crippen molar-refractivity contribution in [2.75, 3.05) is 0 Å². The lowest BCUT2D eigenvalue weighted by molar-refractivity contribution is -0.134. The number of para-hydroxylation sites is 1. The number of aromatic nitrogens is 3. The SMILES string of the molecule is CC(=O)O.CC(=O)Oc1ccccc1-c1nc2s/c(=C\c3cccc(Br)c3)c(=O)n2n1. The quantitative estimate of drug-likeness (QED) is 0.339. The third-order valence-electron chi connectivity index (χ3n) is 3.71. The normalized spacial score (nSPS) is 11.1. The number of ether oxygens (including phenoxy) is 1. The number of benzene rings is 2. The van der Waals surface area contributed by atoms with E-state index in [2.05, 4.69) is 26.0 Å². The first-order valence-electron chi connectivity index (χ1n) is 8.89. The Morgan fingerprint density at radius 1 is 1.16 bits per heavy atom. The van der Waals surface area contributed by atoms with Crippen LogP contribution in [0.4, 0.5) is 0 Å². The Hall–Kier alpha value is -3.37. The molecule has 2 heterocycles. The van der Waals surface area contributed by atoms with Crippen molar-refractivity contribution in [1.82, 2.24) is 14.6 Å². The number of halogens is 1. The number of carbonyl (C=O) groups excluding carboxylic acids is 1. The van der Waals surface area contributed by atoms with Crippen LogP contribution >= 0.6 is 27.3 Å². The molecule has 0 saturated heterocycles. The molecule has 4 rings (SSSR count). The number of carbonyl (C=O) groups is 2. The van der Waals surface area contributed by atoms with Gasteiger partial charge in [-0.2, -0.15) is 9.50 Å². The van der Waals surface area contributed by atoms with Crippen LogP contribution in [-0.4, -0.2) is 31.6 Å². The van der Waals surface area contributed by atoms with E-state index in [-0.39, 0.29) is 5.56 Å². The molecule has 0 atom stereocenters. The molecule has 10 heteroatoms. The molecule has 0 bridgehead atoms. The van der Waals surface area contributed by atoms with E-state index in [0.717, 1.165) is 17.0 Å². The zero-order valence-corrected chi connectivity index (χ0v) is 18.8. The van der Waals surface area contributed by atoms with Crippen molar-refractivity contribution in [1.29, 1.82) is 0 Å². The maximum atomic E-state index is 12.7. The van der Waals surface area contributed by atoms with Crippen molar-refractivity contribution in [3.8, 4) is 17.1 Å². The lowest BCUT2D eigenvalue weighted by Crippen LogP contribution is -2.23. The van der Waals surface area contributed by atoms with Crippen LogP contribution in [0.3, 0.4) is 0 Å². The summed E-state index contributed by atoms with van der Waals surface area (Å²) in [4.78, 5) is 37.9. The molecule has 0 amide bonds. The molecule has 31 heavy (non-hydrogen) atoms. The van der Waals surface area contributed by atoms with Gasteiger partial charge in [0.25, 0.3) is 11.5 Å². The zero-order chi connectivity index (χ0) is 22.5. The number of aliphatic carboxylic acids is 1. The van der Waals surface area contributed by atoms with Crippen molar-refractivity contribution in [2.45, 2.75) is 13.8 Å². The summed E-state index contributed by atoms with van der Waals surface area (Å²) in [7, 11) is 0. The molecule has 2 aromatic heterocycles. The molecular weight excluding hydrogens is 486 g/mol. The third-order valence-corrected chi connectivity index (χ3v) is 5.16. The minimum Gasteiger partial charge on any atom is -0.481 e. The summed E-state index contributed by atoms with van der Waals surface area (Å²) < 4.78 is 7.96. The Labute approximate surface area is 188 Å². The van der Waals surface area contributed by atoms with Crippen LogP contribution < -0.4 is 14.8 Å². The number of carboxylic acid groups (broad SMARTS) is 1. The van der Waals surface area contributed by atoms with Gasteiger partial charge in [0.1, 0.15) is 5.75 Å². The predicted octanol–water partition coefficient (Wildman–Crippen LogP) is 3.14. The Kier molecular flexibility index (Phi) is 6.93. The lowest BCUT2D eigenvalue weighted by atomic mass is 10.2. The lowest BCUT2D eigenvalue weighted by Gasteiger charge is -2.04. The molecule has 0 aliphatic rings. The van der Waals surface area contributed by atoms with Gasteiger partial charge in [-0.15, -0.1) is 5.10 Å². The minimum atomic E-state index is -0.833. The van der Waals surface area contributed by atoms with Crippen LogP contribution in [0.2, 0.25) is 0 Å². The molecule has 158 valence electrons. The first-order valence-corrected chi connectivity index (χ1v) is 10.5. The Morgan fingerprint density at radius 2 is 1.87 bits per heavy atom. The fourth-order valence-corrected chi connectivity index (χ4v) is 3.92. The molecule has 0 fully saturated rings. The molecule has 0 radical (unpaired) electrons. The highest BCUT2D eigenvalue weighted by Crippen LogP contribution is 2.27. The second-order valence-electron chi connectivity index (χ2n) is 6.21. The van der Waals surface area contributed by atoms with E-state index >= 15 is 0 Å². The Morgan fingerprint density at radius 3 is 2.52 bits per heavy atom. The number of carboxylic acids is 1. The molecule has 2 aromatic carbocycles. The summed E-state index contributed by atoms with van der Waals surface area (Å²) in [5.74, 6) is -0.570. The zero-order valence-electron chi connectivity index (χ0n) is 16.4. The molecule has 0 aliphatic heterocycles. The summed E-state index contributed by atoms with van der Waals surface area (Å²) in [5.41, 5.74) is 1.23. The van der Waals surface area contributed by atoms with E-state index in [0.29, 0.717) is 26.6 Å².